The van der Waals surface area contributed by atoms with Crippen LogP contribution >= 0.6 is 26.4 Å². The number of rotatable bonds is 11. The van der Waals surface area contributed by atoms with Crippen molar-refractivity contribution < 1.29 is 0 Å². The third kappa shape index (κ3) is 7.74. The topological polar surface area (TPSA) is 0 Å². The van der Waals surface area contributed by atoms with Crippen LogP contribution in [0.15, 0.2) is 0 Å². The summed E-state index contributed by atoms with van der Waals surface area (Å²) in [6.07, 6.45) is 12.4. The zero-order chi connectivity index (χ0) is 14.9. The molecule has 0 spiro atoms. The van der Waals surface area contributed by atoms with Crippen LogP contribution in [-0.4, -0.2) is 28.8 Å². The Morgan fingerprint density at radius 2 is 1.00 bits per heavy atom. The van der Waals surface area contributed by atoms with E-state index in [1.165, 1.54) is 57.0 Å². The molecule has 0 fully saturated rings. The molecule has 0 aliphatic carbocycles. The minimum absolute atomic E-state index is 0.263. The van der Waals surface area contributed by atoms with Gasteiger partial charge >= 0.3 is 0 Å². The Labute approximate surface area is 128 Å². The fourth-order valence-corrected chi connectivity index (χ4v) is 5.55. The van der Waals surface area contributed by atoms with Gasteiger partial charge < -0.3 is 0 Å². The molecule has 0 aromatic heterocycles. The fraction of sp³-hybridized carbons (Fsp3) is 1.00. The molecule has 0 saturated heterocycles. The quantitative estimate of drug-likeness (QED) is 0.401. The molecule has 0 bridgehead atoms. The van der Waals surface area contributed by atoms with E-state index in [1.54, 1.807) is 0 Å². The molecule has 0 aliphatic rings. The van der Waals surface area contributed by atoms with Gasteiger partial charge in [-0.1, -0.05) is 34.6 Å². The van der Waals surface area contributed by atoms with Crippen molar-refractivity contribution in [2.24, 2.45) is 0 Å². The summed E-state index contributed by atoms with van der Waals surface area (Å²) < 4.78 is 0. The normalized spacial score (nSPS) is 13.3. The average Bonchev–Trinajstić information content (AvgIpc) is 2.46. The lowest BCUT2D eigenvalue weighted by molar-refractivity contribution is 0.526. The molecule has 0 amide bonds. The van der Waals surface area contributed by atoms with Gasteiger partial charge in [0.15, 0.2) is 0 Å². The second-order valence-electron chi connectivity index (χ2n) is 6.07. The Morgan fingerprint density at radius 1 is 0.684 bits per heavy atom. The molecular weight excluding hydrogens is 285 g/mol. The van der Waals surface area contributed by atoms with Crippen LogP contribution in [0.1, 0.15) is 73.1 Å². The van der Waals surface area contributed by atoms with E-state index in [9.17, 15) is 0 Å². The third-order valence-corrected chi connectivity index (χ3v) is 9.93. The van der Waals surface area contributed by atoms with Crippen LogP contribution in [0.25, 0.3) is 0 Å². The predicted molar refractivity (Wildman–Crippen MR) is 102 cm³/mol. The van der Waals surface area contributed by atoms with E-state index in [-0.39, 0.29) is 7.92 Å². The summed E-state index contributed by atoms with van der Waals surface area (Å²) in [5, 5.41) is 1.03. The lowest BCUT2D eigenvalue weighted by atomic mass is 9.99. The van der Waals surface area contributed by atoms with Crippen molar-refractivity contribution in [2.75, 3.05) is 18.5 Å². The summed E-state index contributed by atoms with van der Waals surface area (Å²) in [6, 6.07) is 0. The lowest BCUT2D eigenvalue weighted by Gasteiger charge is -2.31. The molecule has 116 valence electrons. The second kappa shape index (κ2) is 10.1. The molecule has 0 heterocycles. The van der Waals surface area contributed by atoms with E-state index >= 15 is 0 Å². The van der Waals surface area contributed by atoms with Crippen molar-refractivity contribution >= 4 is 26.4 Å². The molecule has 0 nitrogen and oxygen atoms in total. The first-order valence-electron chi connectivity index (χ1n) is 8.18. The smallest absolute Gasteiger partial charge is 0.0152 e. The maximum absolute atomic E-state index is 3.14. The van der Waals surface area contributed by atoms with Crippen molar-refractivity contribution in [1.29, 1.82) is 0 Å². The Balaban J connectivity index is 4.22. The largest absolute Gasteiger partial charge is 0.131 e. The molecule has 3 heteroatoms. The SMILES string of the molecule is CCP(CCC(P)(CC)CC)CCC(P)(CC)CC. The summed E-state index contributed by atoms with van der Waals surface area (Å²) in [7, 11) is 6.54. The minimum Gasteiger partial charge on any atom is -0.131 e. The summed E-state index contributed by atoms with van der Waals surface area (Å²) in [5.41, 5.74) is 0. The lowest BCUT2D eigenvalue weighted by Crippen LogP contribution is -2.22. The molecule has 0 N–H and O–H groups in total. The molecule has 0 aliphatic heterocycles. The molecule has 0 aromatic carbocycles. The highest BCUT2D eigenvalue weighted by molar-refractivity contribution is 7.57. The van der Waals surface area contributed by atoms with E-state index in [2.05, 4.69) is 53.1 Å². The first kappa shape index (κ1) is 20.3. The molecule has 0 aromatic rings. The van der Waals surface area contributed by atoms with Crippen molar-refractivity contribution in [3.8, 4) is 0 Å². The van der Waals surface area contributed by atoms with Crippen LogP contribution in [-0.2, 0) is 0 Å². The van der Waals surface area contributed by atoms with E-state index in [0.717, 1.165) is 0 Å². The molecular formula is C16H37P3. The van der Waals surface area contributed by atoms with Crippen LogP contribution in [0, 0.1) is 0 Å². The number of hydrogen-bond acceptors (Lipinski definition) is 0. The molecule has 0 saturated carbocycles. The van der Waals surface area contributed by atoms with Gasteiger partial charge in [-0.2, -0.15) is 0 Å². The Bertz CT molecular complexity index is 198. The van der Waals surface area contributed by atoms with Crippen molar-refractivity contribution in [3.05, 3.63) is 0 Å². The Kier molecular flexibility index (Phi) is 10.8. The van der Waals surface area contributed by atoms with Gasteiger partial charge in [0.25, 0.3) is 0 Å². The molecule has 2 atom stereocenters. The Hall–Kier alpha value is 1.29. The standard InChI is InChI=1S/C16H37P3/c1-6-15(17,7-2)11-13-19(10-5)14-12-16(18,8-3)9-4/h6-14,17-18H2,1-5H3. The van der Waals surface area contributed by atoms with Gasteiger partial charge in [-0.25, -0.2) is 0 Å². The van der Waals surface area contributed by atoms with Gasteiger partial charge in [0.1, 0.15) is 0 Å². The minimum atomic E-state index is 0.263. The highest BCUT2D eigenvalue weighted by atomic mass is 31.1. The first-order chi connectivity index (χ1) is 8.88. The molecule has 19 heavy (non-hydrogen) atoms. The van der Waals surface area contributed by atoms with Crippen LogP contribution < -0.4 is 0 Å². The Morgan fingerprint density at radius 3 is 1.21 bits per heavy atom. The zero-order valence-electron chi connectivity index (χ0n) is 14.0. The van der Waals surface area contributed by atoms with Gasteiger partial charge in [-0.05, 0) is 67.3 Å². The maximum atomic E-state index is 3.14. The highest BCUT2D eigenvalue weighted by Gasteiger charge is 2.24. The van der Waals surface area contributed by atoms with E-state index in [0.29, 0.717) is 10.3 Å². The molecule has 2 unspecified atom stereocenters. The summed E-state index contributed by atoms with van der Waals surface area (Å²) >= 11 is 0. The van der Waals surface area contributed by atoms with Crippen LogP contribution in [0.5, 0.6) is 0 Å². The van der Waals surface area contributed by atoms with Gasteiger partial charge in [-0.3, -0.25) is 0 Å². The van der Waals surface area contributed by atoms with Crippen molar-refractivity contribution in [2.45, 2.75) is 83.5 Å². The van der Waals surface area contributed by atoms with Crippen LogP contribution in [0.4, 0.5) is 0 Å². The predicted octanol–water partition coefficient (Wildman–Crippen LogP) is 6.14. The van der Waals surface area contributed by atoms with Crippen LogP contribution in [0.3, 0.4) is 0 Å². The summed E-state index contributed by atoms with van der Waals surface area (Å²) in [6.45, 7) is 11.8. The zero-order valence-corrected chi connectivity index (χ0v) is 17.2. The van der Waals surface area contributed by atoms with E-state index < -0.39 is 0 Å². The average molecular weight is 322 g/mol. The monoisotopic (exact) mass is 322 g/mol. The number of hydrogen-bond donors (Lipinski definition) is 0. The van der Waals surface area contributed by atoms with Gasteiger partial charge in [0.2, 0.25) is 0 Å². The summed E-state index contributed by atoms with van der Waals surface area (Å²) in [4.78, 5) is 0. The second-order valence-corrected chi connectivity index (χ2v) is 11.4. The van der Waals surface area contributed by atoms with Crippen molar-refractivity contribution in [1.82, 2.24) is 0 Å². The van der Waals surface area contributed by atoms with Gasteiger partial charge in [0.05, 0.1) is 0 Å². The fourth-order valence-electron chi connectivity index (χ4n) is 2.40. The maximum Gasteiger partial charge on any atom is -0.0152 e. The highest BCUT2D eigenvalue weighted by Crippen LogP contribution is 2.44. The van der Waals surface area contributed by atoms with Crippen LogP contribution in [0.2, 0.25) is 0 Å². The third-order valence-electron chi connectivity index (χ3n) is 5.12. The molecule has 0 radical (unpaired) electrons. The van der Waals surface area contributed by atoms with Gasteiger partial charge in [-0.15, -0.1) is 26.4 Å². The van der Waals surface area contributed by atoms with E-state index in [1.807, 2.05) is 0 Å². The van der Waals surface area contributed by atoms with Gasteiger partial charge in [0, 0.05) is 0 Å². The van der Waals surface area contributed by atoms with E-state index in [4.69, 9.17) is 0 Å². The van der Waals surface area contributed by atoms with Crippen molar-refractivity contribution in [3.63, 3.8) is 0 Å². The molecule has 0 rings (SSSR count). The first-order valence-corrected chi connectivity index (χ1v) is 11.2. The summed E-state index contributed by atoms with van der Waals surface area (Å²) in [5.74, 6) is 0.